The Balaban J connectivity index is 0.000000118. The Morgan fingerprint density at radius 3 is 1.64 bits per heavy atom. The van der Waals surface area contributed by atoms with Gasteiger partial charge in [0.05, 0.1) is 58.7 Å². The minimum atomic E-state index is 0.577. The number of pyridine rings is 3. The van der Waals surface area contributed by atoms with Gasteiger partial charge in [0.15, 0.2) is 0 Å². The number of nitrogens with zero attached hydrogens (tertiary/aromatic N) is 7. The van der Waals surface area contributed by atoms with E-state index in [1.807, 2.05) is 72.9 Å². The standard InChI is InChI=1S/C36H20N4O.C31H19N3O.C5H3ClIN/c1-2-9-21(10-3-1)39-28-16-17-32-34(22-11-4-7-15-31(22)41-32)33(28)25-19-23-24(20-30(25)39)36-38-26-12-5-6-13-27(26)40(36)29-14-8-18-37-35(23)29;1-2-8-20(9-3-1)34-25-16-17-28-30(22-10-4-7-13-27(22)35-28)29(25)21-15-14-19(18-26(21)34)31-32-23-11-5-6-12-24(23)33-31;6-5-4(7)2-1-3-8-5/h1-20H;1-18H,(H,32,33);1-3H. The van der Waals surface area contributed by atoms with E-state index >= 15 is 0 Å². The van der Waals surface area contributed by atoms with Gasteiger partial charge in [-0.25, -0.2) is 15.0 Å². The summed E-state index contributed by atoms with van der Waals surface area (Å²) in [5.74, 6) is 0.872. The molecule has 0 spiro atoms. The van der Waals surface area contributed by atoms with Crippen molar-refractivity contribution in [2.75, 3.05) is 0 Å². The number of hydrogen-bond donors (Lipinski definition) is 1. The van der Waals surface area contributed by atoms with E-state index in [-0.39, 0.29) is 0 Å². The molecule has 0 unspecified atom stereocenters. The van der Waals surface area contributed by atoms with Crippen LogP contribution in [0.5, 0.6) is 0 Å². The van der Waals surface area contributed by atoms with E-state index < -0.39 is 0 Å². The molecule has 12 heteroatoms. The van der Waals surface area contributed by atoms with E-state index in [9.17, 15) is 0 Å². The predicted molar refractivity (Wildman–Crippen MR) is 352 cm³/mol. The molecule has 0 fully saturated rings. The second kappa shape index (κ2) is 19.1. The van der Waals surface area contributed by atoms with Crippen LogP contribution in [0.25, 0.3) is 160 Å². The van der Waals surface area contributed by atoms with Crippen LogP contribution in [0.3, 0.4) is 0 Å². The normalized spacial score (nSPS) is 11.9. The molecule has 0 aliphatic rings. The number of nitrogens with one attached hydrogen (secondary N) is 1. The number of hydrogen-bond acceptors (Lipinski definition) is 6. The Kier molecular flexibility index (Phi) is 11.0. The van der Waals surface area contributed by atoms with Gasteiger partial charge in [0.2, 0.25) is 0 Å². The van der Waals surface area contributed by atoms with Crippen LogP contribution in [0.4, 0.5) is 0 Å². The third-order valence-electron chi connectivity index (χ3n) is 16.2. The van der Waals surface area contributed by atoms with Gasteiger partial charge in [-0.1, -0.05) is 121 Å². The molecule has 0 aliphatic heterocycles. The molecule has 9 heterocycles. The SMILES string of the molecule is Clc1ncccc1I.c1ccc(-n2c3cc(-c4nc5ccccc5[nH]4)ccc3c3c4c(ccc32)oc2ccccc24)cc1.c1ccc(-n2c3cc4c(cc3c3c5c(ccc32)oc2ccccc25)c2ncccc2n2c3ccccc3nc42)cc1. The van der Waals surface area contributed by atoms with Crippen LogP contribution >= 0.6 is 34.2 Å². The maximum Gasteiger partial charge on any atom is 0.146 e. The predicted octanol–water partition coefficient (Wildman–Crippen LogP) is 19.8. The van der Waals surface area contributed by atoms with Crippen molar-refractivity contribution < 1.29 is 8.83 Å². The molecule has 19 aromatic rings. The highest BCUT2D eigenvalue weighted by atomic mass is 127. The fourth-order valence-corrected chi connectivity index (χ4v) is 13.1. The monoisotopic (exact) mass is 1210 g/mol. The highest BCUT2D eigenvalue weighted by Crippen LogP contribution is 2.45. The molecular weight excluding hydrogens is 1170 g/mol. The Morgan fingerprint density at radius 1 is 0.393 bits per heavy atom. The van der Waals surface area contributed by atoms with Gasteiger partial charge in [-0.3, -0.25) is 9.38 Å². The van der Waals surface area contributed by atoms with Crippen LogP contribution in [0, 0.1) is 3.57 Å². The zero-order valence-electron chi connectivity index (χ0n) is 44.4. The van der Waals surface area contributed by atoms with Crippen LogP contribution in [0.2, 0.25) is 5.15 Å². The molecule has 1 N–H and O–H groups in total. The number of H-pyrrole nitrogens is 1. The van der Waals surface area contributed by atoms with Crippen molar-refractivity contribution in [2.45, 2.75) is 0 Å². The van der Waals surface area contributed by atoms with E-state index in [4.69, 9.17) is 35.4 Å². The van der Waals surface area contributed by atoms with Gasteiger partial charge < -0.3 is 23.0 Å². The van der Waals surface area contributed by atoms with Gasteiger partial charge in [0.25, 0.3) is 0 Å². The molecule has 84 heavy (non-hydrogen) atoms. The Morgan fingerprint density at radius 2 is 0.976 bits per heavy atom. The van der Waals surface area contributed by atoms with Crippen LogP contribution in [-0.4, -0.2) is 38.5 Å². The number of benzene rings is 10. The number of imidazole rings is 2. The van der Waals surface area contributed by atoms with E-state index in [1.54, 1.807) is 6.20 Å². The number of rotatable bonds is 3. The molecular formula is C72H42ClIN8O2. The number of aromatic nitrogens is 8. The number of fused-ring (bicyclic) bond motifs is 23. The molecule has 10 aromatic carbocycles. The van der Waals surface area contributed by atoms with Crippen LogP contribution in [-0.2, 0) is 0 Å². The van der Waals surface area contributed by atoms with Gasteiger partial charge in [-0.15, -0.1) is 0 Å². The van der Waals surface area contributed by atoms with Gasteiger partial charge in [0, 0.05) is 83.2 Å². The van der Waals surface area contributed by atoms with Crippen LogP contribution in [0.15, 0.2) is 258 Å². The molecule has 0 atom stereocenters. The second-order valence-corrected chi connectivity index (χ2v) is 22.4. The van der Waals surface area contributed by atoms with E-state index in [0.717, 1.165) is 142 Å². The maximum atomic E-state index is 6.34. The van der Waals surface area contributed by atoms with Crippen molar-refractivity contribution in [3.63, 3.8) is 0 Å². The van der Waals surface area contributed by atoms with Gasteiger partial charge in [0.1, 0.15) is 39.0 Å². The lowest BCUT2D eigenvalue weighted by atomic mass is 10.0. The summed E-state index contributed by atoms with van der Waals surface area (Å²) in [4.78, 5) is 22.2. The van der Waals surface area contributed by atoms with Crippen molar-refractivity contribution in [3.8, 4) is 22.8 Å². The lowest BCUT2D eigenvalue weighted by molar-refractivity contribution is 0.669. The summed E-state index contributed by atoms with van der Waals surface area (Å²) in [6, 6.07) is 81.9. The molecule has 0 radical (unpaired) electrons. The van der Waals surface area contributed by atoms with Crippen molar-refractivity contribution in [1.29, 1.82) is 0 Å². The van der Waals surface area contributed by atoms with Crippen molar-refractivity contribution in [2.24, 2.45) is 0 Å². The third-order valence-corrected chi connectivity index (χ3v) is 17.7. The first-order chi connectivity index (χ1) is 41.5. The van der Waals surface area contributed by atoms with Crippen molar-refractivity contribution >= 4 is 171 Å². The topological polar surface area (TPSA) is 108 Å². The summed E-state index contributed by atoms with van der Waals surface area (Å²) >= 11 is 7.72. The van der Waals surface area contributed by atoms with Crippen LogP contribution < -0.4 is 0 Å². The number of furan rings is 2. The number of aromatic amines is 1. The highest BCUT2D eigenvalue weighted by Gasteiger charge is 2.24. The Hall–Kier alpha value is -10.3. The van der Waals surface area contributed by atoms with Gasteiger partial charge in [-0.05, 0) is 150 Å². The number of halogens is 2. The Bertz CT molecular complexity index is 5800. The van der Waals surface area contributed by atoms with E-state index in [1.165, 1.54) is 21.5 Å². The quantitative estimate of drug-likeness (QED) is 0.107. The van der Waals surface area contributed by atoms with Crippen molar-refractivity contribution in [3.05, 3.63) is 258 Å². The smallest absolute Gasteiger partial charge is 0.146 e. The molecule has 0 amide bonds. The van der Waals surface area contributed by atoms with Gasteiger partial charge in [-0.2, -0.15) is 0 Å². The summed E-state index contributed by atoms with van der Waals surface area (Å²) in [6.07, 6.45) is 3.55. The zero-order valence-corrected chi connectivity index (χ0v) is 47.3. The van der Waals surface area contributed by atoms with Gasteiger partial charge >= 0.3 is 0 Å². The molecule has 10 nitrogen and oxygen atoms in total. The first kappa shape index (κ1) is 48.4. The second-order valence-electron chi connectivity index (χ2n) is 20.9. The molecule has 0 saturated heterocycles. The first-order valence-electron chi connectivity index (χ1n) is 27.6. The maximum absolute atomic E-state index is 6.34. The number of para-hydroxylation sites is 8. The van der Waals surface area contributed by atoms with E-state index in [0.29, 0.717) is 5.15 Å². The fourth-order valence-electron chi connectivity index (χ4n) is 12.6. The summed E-state index contributed by atoms with van der Waals surface area (Å²) in [5, 5.41) is 12.1. The summed E-state index contributed by atoms with van der Waals surface area (Å²) < 4.78 is 20.5. The molecule has 0 bridgehead atoms. The molecule has 19 rings (SSSR count). The van der Waals surface area contributed by atoms with Crippen molar-refractivity contribution in [1.82, 2.24) is 38.5 Å². The first-order valence-corrected chi connectivity index (χ1v) is 29.0. The summed E-state index contributed by atoms with van der Waals surface area (Å²) in [5.41, 5.74) is 18.5. The average Bonchev–Trinajstić information content (AvgIpc) is 2.23. The van der Waals surface area contributed by atoms with Crippen LogP contribution in [0.1, 0.15) is 0 Å². The fraction of sp³-hybridized carbons (Fsp3) is 0. The average molecular weight is 1210 g/mol. The summed E-state index contributed by atoms with van der Waals surface area (Å²) in [7, 11) is 0. The highest BCUT2D eigenvalue weighted by molar-refractivity contribution is 14.1. The summed E-state index contributed by atoms with van der Waals surface area (Å²) in [6.45, 7) is 0. The van der Waals surface area contributed by atoms with E-state index in [2.05, 4.69) is 216 Å². The molecule has 0 aliphatic carbocycles. The minimum absolute atomic E-state index is 0.577. The molecule has 9 aromatic heterocycles. The lowest BCUT2D eigenvalue weighted by Gasteiger charge is -2.10. The largest absolute Gasteiger partial charge is 0.456 e. The third kappa shape index (κ3) is 7.48. The Labute approximate surface area is 495 Å². The molecule has 0 saturated carbocycles. The minimum Gasteiger partial charge on any atom is -0.456 e. The zero-order chi connectivity index (χ0) is 55.6. The lowest BCUT2D eigenvalue weighted by Crippen LogP contribution is -1.95. The molecule has 396 valence electrons.